The van der Waals surface area contributed by atoms with Gasteiger partial charge in [0, 0.05) is 0 Å². The van der Waals surface area contributed by atoms with E-state index in [1.165, 1.54) is 0 Å². The van der Waals surface area contributed by atoms with Crippen molar-refractivity contribution in [1.82, 2.24) is 0 Å². The van der Waals surface area contributed by atoms with Crippen LogP contribution >= 0.6 is 0 Å². The minimum atomic E-state index is -2.52. The van der Waals surface area contributed by atoms with Crippen LogP contribution in [0, 0.1) is 0 Å². The van der Waals surface area contributed by atoms with Gasteiger partial charge in [0.2, 0.25) is 0 Å². The fourth-order valence-corrected chi connectivity index (χ4v) is 1.47. The van der Waals surface area contributed by atoms with Gasteiger partial charge in [0.25, 0.3) is 0 Å². The maximum absolute atomic E-state index is 10.4. The van der Waals surface area contributed by atoms with Gasteiger partial charge < -0.3 is 51.1 Å². The number of hydrogen-bond donors (Lipinski definition) is 10. The summed E-state index contributed by atoms with van der Waals surface area (Å²) in [5.41, 5.74) is 0. The molecule has 0 spiro atoms. The summed E-state index contributed by atoms with van der Waals surface area (Å²) >= 11 is 0. The van der Waals surface area contributed by atoms with Crippen LogP contribution in [0.3, 0.4) is 0 Å². The van der Waals surface area contributed by atoms with Crippen molar-refractivity contribution >= 4 is 11.9 Å². The minimum Gasteiger partial charge on any atom is -0.479 e. The molecule has 0 amide bonds. The van der Waals surface area contributed by atoms with Crippen LogP contribution in [0.5, 0.6) is 0 Å². The first kappa shape index (κ1) is 20.6. The fraction of sp³-hybridized carbons (Fsp3) is 0.800. The van der Waals surface area contributed by atoms with Crippen LogP contribution in [0.2, 0.25) is 0 Å². The Morgan fingerprint density at radius 2 is 0.636 bits per heavy atom. The normalized spacial score (nSPS) is 22.7. The third-order valence-corrected chi connectivity index (χ3v) is 2.90. The lowest BCUT2D eigenvalue weighted by atomic mass is 9.93. The first-order chi connectivity index (χ1) is 9.93. The molecule has 12 heteroatoms. The topological polar surface area (TPSA) is 236 Å². The average Bonchev–Trinajstić information content (AvgIpc) is 2.48. The molecule has 0 aromatic carbocycles. The van der Waals surface area contributed by atoms with Gasteiger partial charge in [-0.25, -0.2) is 9.59 Å². The Balaban J connectivity index is 4.93. The van der Waals surface area contributed by atoms with Gasteiger partial charge in [0.1, 0.15) is 36.6 Å². The largest absolute Gasteiger partial charge is 0.479 e. The molecule has 0 saturated heterocycles. The molecular weight excluding hydrogens is 312 g/mol. The van der Waals surface area contributed by atoms with Crippen LogP contribution in [0.1, 0.15) is 0 Å². The van der Waals surface area contributed by atoms with Crippen LogP contribution in [0.4, 0.5) is 0 Å². The number of carboxylic acids is 2. The van der Waals surface area contributed by atoms with Gasteiger partial charge >= 0.3 is 11.9 Å². The highest BCUT2D eigenvalue weighted by atomic mass is 16.4. The highest BCUT2D eigenvalue weighted by Crippen LogP contribution is 2.14. The average molecular weight is 330 g/mol. The van der Waals surface area contributed by atoms with Crippen molar-refractivity contribution in [3.05, 3.63) is 0 Å². The van der Waals surface area contributed by atoms with Gasteiger partial charge in [-0.2, -0.15) is 0 Å². The van der Waals surface area contributed by atoms with Gasteiger partial charge in [-0.3, -0.25) is 0 Å². The molecule has 0 aromatic rings. The lowest BCUT2D eigenvalue weighted by Gasteiger charge is -2.32. The highest BCUT2D eigenvalue weighted by molar-refractivity contribution is 5.73. The molecular formula is C10H18O12. The SMILES string of the molecule is O=C(O)[C@@H](O)[C@H](O)[C@H](O)[C@H](O)[C@@H](O)[C@@H](O)[C@H](O)[C@@H](O)C(=O)O. The van der Waals surface area contributed by atoms with Crippen LogP contribution in [-0.2, 0) is 9.59 Å². The molecule has 0 heterocycles. The van der Waals surface area contributed by atoms with E-state index < -0.39 is 60.8 Å². The third kappa shape index (κ3) is 4.82. The van der Waals surface area contributed by atoms with Crippen molar-refractivity contribution in [2.75, 3.05) is 0 Å². The molecule has 130 valence electrons. The predicted octanol–water partition coefficient (Wildman–Crippen LogP) is -5.96. The minimum absolute atomic E-state index is 1.95. The Morgan fingerprint density at radius 3 is 0.818 bits per heavy atom. The van der Waals surface area contributed by atoms with E-state index in [-0.39, 0.29) is 0 Å². The molecule has 22 heavy (non-hydrogen) atoms. The number of aliphatic hydroxyl groups excluding tert-OH is 8. The second-order valence-corrected chi connectivity index (χ2v) is 4.51. The van der Waals surface area contributed by atoms with Gasteiger partial charge in [-0.05, 0) is 0 Å². The Hall–Kier alpha value is -1.38. The van der Waals surface area contributed by atoms with Crippen LogP contribution in [-0.4, -0.2) is 112 Å². The fourth-order valence-electron chi connectivity index (χ4n) is 1.47. The van der Waals surface area contributed by atoms with Gasteiger partial charge in [-0.15, -0.1) is 0 Å². The van der Waals surface area contributed by atoms with Crippen LogP contribution in [0.15, 0.2) is 0 Å². The molecule has 0 aliphatic rings. The summed E-state index contributed by atoms with van der Waals surface area (Å²) in [7, 11) is 0. The van der Waals surface area contributed by atoms with E-state index >= 15 is 0 Å². The van der Waals surface area contributed by atoms with E-state index in [0.717, 1.165) is 0 Å². The van der Waals surface area contributed by atoms with Gasteiger partial charge in [0.05, 0.1) is 0 Å². The molecule has 0 aliphatic carbocycles. The smallest absolute Gasteiger partial charge is 0.335 e. The van der Waals surface area contributed by atoms with Crippen LogP contribution < -0.4 is 0 Å². The van der Waals surface area contributed by atoms with E-state index in [0.29, 0.717) is 0 Å². The summed E-state index contributed by atoms with van der Waals surface area (Å²) in [6, 6.07) is 0. The Labute approximate surface area is 122 Å². The third-order valence-electron chi connectivity index (χ3n) is 2.90. The van der Waals surface area contributed by atoms with Crippen molar-refractivity contribution in [3.63, 3.8) is 0 Å². The van der Waals surface area contributed by atoms with E-state index in [9.17, 15) is 40.2 Å². The standard InChI is InChI=1S/C10H18O12/c11-1(3(13)5(15)7(17)9(19)20)2(12)4(14)6(16)8(18)10(21)22/h1-8,11-18H,(H,19,20)(H,21,22)/t1-,2-,3-,4-,5-,6+,7+,8-/m1/s1. The molecule has 0 fully saturated rings. The second kappa shape index (κ2) is 8.30. The molecule has 0 aliphatic heterocycles. The lowest BCUT2D eigenvalue weighted by molar-refractivity contribution is -0.189. The zero-order valence-electron chi connectivity index (χ0n) is 10.9. The van der Waals surface area contributed by atoms with Crippen molar-refractivity contribution in [1.29, 1.82) is 0 Å². The van der Waals surface area contributed by atoms with E-state index in [1.54, 1.807) is 0 Å². The van der Waals surface area contributed by atoms with E-state index in [1.807, 2.05) is 0 Å². The van der Waals surface area contributed by atoms with Crippen molar-refractivity contribution in [2.24, 2.45) is 0 Å². The molecule has 0 bridgehead atoms. The van der Waals surface area contributed by atoms with Crippen LogP contribution in [0.25, 0.3) is 0 Å². The van der Waals surface area contributed by atoms with Crippen molar-refractivity contribution in [2.45, 2.75) is 48.8 Å². The maximum Gasteiger partial charge on any atom is 0.335 e. The molecule has 12 nitrogen and oxygen atoms in total. The number of aliphatic hydroxyl groups is 8. The molecule has 8 atom stereocenters. The Kier molecular flexibility index (Phi) is 7.78. The molecule has 0 radical (unpaired) electrons. The number of rotatable bonds is 9. The Bertz CT molecular complexity index is 350. The van der Waals surface area contributed by atoms with Crippen molar-refractivity contribution in [3.8, 4) is 0 Å². The zero-order chi connectivity index (χ0) is 17.8. The van der Waals surface area contributed by atoms with Crippen molar-refractivity contribution < 1.29 is 60.7 Å². The molecule has 0 saturated carbocycles. The highest BCUT2D eigenvalue weighted by Gasteiger charge is 2.43. The van der Waals surface area contributed by atoms with E-state index in [2.05, 4.69) is 0 Å². The number of aliphatic carboxylic acids is 2. The summed E-state index contributed by atoms with van der Waals surface area (Å²) < 4.78 is 0. The summed E-state index contributed by atoms with van der Waals surface area (Å²) in [6.45, 7) is 0. The molecule has 0 unspecified atom stereocenters. The predicted molar refractivity (Wildman–Crippen MR) is 63.3 cm³/mol. The zero-order valence-corrected chi connectivity index (χ0v) is 10.9. The summed E-state index contributed by atoms with van der Waals surface area (Å²) in [4.78, 5) is 20.8. The quantitative estimate of drug-likeness (QED) is 0.190. The second-order valence-electron chi connectivity index (χ2n) is 4.51. The molecule has 0 aromatic heterocycles. The summed E-state index contributed by atoms with van der Waals surface area (Å²) in [6.07, 6.45) is -19.9. The Morgan fingerprint density at radius 1 is 0.455 bits per heavy atom. The van der Waals surface area contributed by atoms with Gasteiger partial charge in [0.15, 0.2) is 12.2 Å². The van der Waals surface area contributed by atoms with E-state index in [4.69, 9.17) is 20.4 Å². The summed E-state index contributed by atoms with van der Waals surface area (Å²) in [5.74, 6) is -3.90. The van der Waals surface area contributed by atoms with Gasteiger partial charge in [-0.1, -0.05) is 0 Å². The summed E-state index contributed by atoms with van der Waals surface area (Å²) in [5, 5.41) is 91.0. The maximum atomic E-state index is 10.4. The number of carboxylic acid groups (broad SMARTS) is 2. The first-order valence-corrected chi connectivity index (χ1v) is 5.83. The lowest BCUT2D eigenvalue weighted by Crippen LogP contribution is -2.57. The molecule has 0 rings (SSSR count). The molecule has 10 N–H and O–H groups in total. The first-order valence-electron chi connectivity index (χ1n) is 5.83. The number of carbonyl (C=O) groups is 2. The monoisotopic (exact) mass is 330 g/mol. The number of hydrogen-bond acceptors (Lipinski definition) is 10.